The predicted molar refractivity (Wildman–Crippen MR) is 129 cm³/mol. The lowest BCUT2D eigenvalue weighted by atomic mass is 9.74. The molecule has 0 radical (unpaired) electrons. The molecule has 1 N–H and O–H groups in total. The van der Waals surface area contributed by atoms with Gasteiger partial charge in [-0.25, -0.2) is 8.42 Å². The van der Waals surface area contributed by atoms with Gasteiger partial charge in [0.25, 0.3) is 5.91 Å². The van der Waals surface area contributed by atoms with E-state index in [2.05, 4.69) is 5.32 Å². The van der Waals surface area contributed by atoms with Gasteiger partial charge in [0.05, 0.1) is 4.90 Å². The third kappa shape index (κ3) is 5.27. The van der Waals surface area contributed by atoms with E-state index in [-0.39, 0.29) is 22.3 Å². The van der Waals surface area contributed by atoms with Gasteiger partial charge in [-0.2, -0.15) is 4.31 Å². The van der Waals surface area contributed by atoms with Crippen LogP contribution in [0.25, 0.3) is 0 Å². The van der Waals surface area contributed by atoms with Crippen LogP contribution in [0.2, 0.25) is 5.02 Å². The maximum Gasteiger partial charge on any atom is 0.251 e. The molecule has 33 heavy (non-hydrogen) atoms. The fourth-order valence-corrected chi connectivity index (χ4v) is 6.73. The molecular formula is C25H31ClN2O4S. The second kappa shape index (κ2) is 10.1. The van der Waals surface area contributed by atoms with Gasteiger partial charge < -0.3 is 10.1 Å². The number of carbonyl (C=O) groups excluding carboxylic acids is 1. The Kier molecular flexibility index (Phi) is 7.43. The second-order valence-electron chi connectivity index (χ2n) is 9.07. The molecule has 2 aromatic carbocycles. The average molecular weight is 491 g/mol. The topological polar surface area (TPSA) is 75.7 Å². The monoisotopic (exact) mass is 490 g/mol. The minimum atomic E-state index is -3.56. The summed E-state index contributed by atoms with van der Waals surface area (Å²) in [5.74, 6) is -0.224. The average Bonchev–Trinajstić information content (AvgIpc) is 2.83. The van der Waals surface area contributed by atoms with Crippen molar-refractivity contribution in [2.24, 2.45) is 0 Å². The maximum absolute atomic E-state index is 13.0. The molecule has 0 saturated carbocycles. The van der Waals surface area contributed by atoms with Gasteiger partial charge >= 0.3 is 0 Å². The Morgan fingerprint density at radius 2 is 1.88 bits per heavy atom. The first-order valence-corrected chi connectivity index (χ1v) is 13.4. The SMILES string of the molecule is CC1CCCCN1S(=O)(=O)c1ccc(C(=O)NCC2(c3cccc(Cl)c3)CCOCC2)cc1. The summed E-state index contributed by atoms with van der Waals surface area (Å²) in [6, 6.07) is 14.0. The van der Waals surface area contributed by atoms with Gasteiger partial charge in [0.1, 0.15) is 0 Å². The highest BCUT2D eigenvalue weighted by molar-refractivity contribution is 7.89. The molecule has 0 spiro atoms. The number of rotatable bonds is 6. The number of piperidine rings is 1. The zero-order valence-corrected chi connectivity index (χ0v) is 20.5. The van der Waals surface area contributed by atoms with Crippen molar-refractivity contribution in [2.45, 2.75) is 55.4 Å². The smallest absolute Gasteiger partial charge is 0.251 e. The van der Waals surface area contributed by atoms with Crippen molar-refractivity contribution in [1.82, 2.24) is 9.62 Å². The molecule has 0 bridgehead atoms. The molecule has 1 unspecified atom stereocenters. The Labute approximate surface area is 201 Å². The molecule has 2 saturated heterocycles. The van der Waals surface area contributed by atoms with E-state index in [0.29, 0.717) is 36.9 Å². The van der Waals surface area contributed by atoms with Gasteiger partial charge in [0.2, 0.25) is 10.0 Å². The lowest BCUT2D eigenvalue weighted by Gasteiger charge is -2.38. The number of hydrogen-bond donors (Lipinski definition) is 1. The van der Waals surface area contributed by atoms with Crippen LogP contribution in [-0.2, 0) is 20.2 Å². The number of sulfonamides is 1. The highest BCUT2D eigenvalue weighted by atomic mass is 35.5. The summed E-state index contributed by atoms with van der Waals surface area (Å²) in [6.45, 7) is 4.21. The summed E-state index contributed by atoms with van der Waals surface area (Å²) in [6.07, 6.45) is 4.38. The number of hydrogen-bond acceptors (Lipinski definition) is 4. The molecule has 0 aromatic heterocycles. The summed E-state index contributed by atoms with van der Waals surface area (Å²) in [7, 11) is -3.56. The maximum atomic E-state index is 13.0. The summed E-state index contributed by atoms with van der Waals surface area (Å²) >= 11 is 6.23. The number of nitrogens with one attached hydrogen (secondary N) is 1. The van der Waals surface area contributed by atoms with Crippen LogP contribution in [0.1, 0.15) is 54.9 Å². The van der Waals surface area contributed by atoms with Crippen molar-refractivity contribution in [1.29, 1.82) is 0 Å². The molecule has 2 fully saturated rings. The van der Waals surface area contributed by atoms with E-state index < -0.39 is 10.0 Å². The van der Waals surface area contributed by atoms with Crippen LogP contribution >= 0.6 is 11.6 Å². The van der Waals surface area contributed by atoms with Crippen molar-refractivity contribution >= 4 is 27.5 Å². The third-order valence-electron chi connectivity index (χ3n) is 6.94. The Balaban J connectivity index is 1.47. The molecule has 1 amide bonds. The highest BCUT2D eigenvalue weighted by Gasteiger charge is 2.35. The predicted octanol–water partition coefficient (Wildman–Crippen LogP) is 4.38. The molecule has 2 aliphatic rings. The quantitative estimate of drug-likeness (QED) is 0.652. The first-order valence-electron chi connectivity index (χ1n) is 11.6. The summed E-state index contributed by atoms with van der Waals surface area (Å²) < 4.78 is 33.2. The number of carbonyl (C=O) groups is 1. The van der Waals surface area contributed by atoms with Crippen LogP contribution < -0.4 is 5.32 Å². The van der Waals surface area contributed by atoms with Crippen LogP contribution in [0.5, 0.6) is 0 Å². The molecule has 8 heteroatoms. The number of benzene rings is 2. The minimum Gasteiger partial charge on any atom is -0.381 e. The van der Waals surface area contributed by atoms with Gasteiger partial charge in [-0.05, 0) is 74.6 Å². The zero-order chi connectivity index (χ0) is 23.5. The molecule has 2 heterocycles. The molecule has 178 valence electrons. The van der Waals surface area contributed by atoms with Crippen molar-refractivity contribution in [3.05, 3.63) is 64.7 Å². The van der Waals surface area contributed by atoms with E-state index >= 15 is 0 Å². The van der Waals surface area contributed by atoms with Crippen LogP contribution in [-0.4, -0.2) is 51.0 Å². The fraction of sp³-hybridized carbons (Fsp3) is 0.480. The Morgan fingerprint density at radius 3 is 2.55 bits per heavy atom. The van der Waals surface area contributed by atoms with Crippen LogP contribution in [0.4, 0.5) is 0 Å². The normalized spacial score (nSPS) is 21.5. The van der Waals surface area contributed by atoms with Crippen molar-refractivity contribution in [3.63, 3.8) is 0 Å². The molecule has 4 rings (SSSR count). The van der Waals surface area contributed by atoms with E-state index in [4.69, 9.17) is 16.3 Å². The van der Waals surface area contributed by atoms with Crippen LogP contribution in [0.15, 0.2) is 53.4 Å². The Bertz CT molecular complexity index is 1080. The number of amides is 1. The summed E-state index contributed by atoms with van der Waals surface area (Å²) in [5, 5.41) is 3.73. The number of halogens is 1. The Hall–Kier alpha value is -1.93. The second-order valence-corrected chi connectivity index (χ2v) is 11.4. The van der Waals surface area contributed by atoms with Crippen molar-refractivity contribution in [2.75, 3.05) is 26.3 Å². The number of nitrogens with zero attached hydrogens (tertiary/aromatic N) is 1. The lowest BCUT2D eigenvalue weighted by Crippen LogP contribution is -2.44. The molecule has 2 aliphatic heterocycles. The van der Waals surface area contributed by atoms with Crippen LogP contribution in [0.3, 0.4) is 0 Å². The lowest BCUT2D eigenvalue weighted by molar-refractivity contribution is 0.0487. The molecule has 1 atom stereocenters. The number of ether oxygens (including phenoxy) is 1. The van der Waals surface area contributed by atoms with Crippen LogP contribution in [0, 0.1) is 0 Å². The van der Waals surface area contributed by atoms with Crippen molar-refractivity contribution < 1.29 is 17.9 Å². The zero-order valence-electron chi connectivity index (χ0n) is 18.9. The highest BCUT2D eigenvalue weighted by Crippen LogP contribution is 2.35. The van der Waals surface area contributed by atoms with Gasteiger partial charge in [0.15, 0.2) is 0 Å². The van der Waals surface area contributed by atoms with E-state index in [1.807, 2.05) is 31.2 Å². The molecule has 2 aromatic rings. The van der Waals surface area contributed by atoms with E-state index in [9.17, 15) is 13.2 Å². The van der Waals surface area contributed by atoms with Gasteiger partial charge in [-0.3, -0.25) is 4.79 Å². The Morgan fingerprint density at radius 1 is 1.15 bits per heavy atom. The standard InChI is InChI=1S/C25H31ClN2O4S/c1-19-5-2-3-14-28(19)33(30,31)23-10-8-20(9-11-23)24(29)27-18-25(12-15-32-16-13-25)21-6-4-7-22(26)17-21/h4,6-11,17,19H,2-3,5,12-16,18H2,1H3,(H,27,29). The molecule has 6 nitrogen and oxygen atoms in total. The fourth-order valence-electron chi connectivity index (χ4n) is 4.84. The summed E-state index contributed by atoms with van der Waals surface area (Å²) in [4.78, 5) is 13.1. The molecule has 0 aliphatic carbocycles. The van der Waals surface area contributed by atoms with Gasteiger partial charge in [0, 0.05) is 48.3 Å². The van der Waals surface area contributed by atoms with E-state index in [1.54, 1.807) is 16.4 Å². The van der Waals surface area contributed by atoms with Gasteiger partial charge in [-0.15, -0.1) is 0 Å². The largest absolute Gasteiger partial charge is 0.381 e. The first kappa shape index (κ1) is 24.2. The van der Waals surface area contributed by atoms with Crippen molar-refractivity contribution in [3.8, 4) is 0 Å². The first-order chi connectivity index (χ1) is 15.8. The minimum absolute atomic E-state index is 0.00567. The van der Waals surface area contributed by atoms with E-state index in [1.165, 1.54) is 12.1 Å². The van der Waals surface area contributed by atoms with Gasteiger partial charge in [-0.1, -0.05) is 30.2 Å². The van der Waals surface area contributed by atoms with E-state index in [0.717, 1.165) is 37.7 Å². The third-order valence-corrected chi connectivity index (χ3v) is 9.20. The summed E-state index contributed by atoms with van der Waals surface area (Å²) in [5.41, 5.74) is 1.29. The molecular weight excluding hydrogens is 460 g/mol.